The molecule has 16 heavy (non-hydrogen) atoms. The van der Waals surface area contributed by atoms with E-state index in [-0.39, 0.29) is 5.38 Å². The first-order valence-electron chi connectivity index (χ1n) is 4.79. The summed E-state index contributed by atoms with van der Waals surface area (Å²) in [5, 5.41) is 0.650. The van der Waals surface area contributed by atoms with Crippen molar-refractivity contribution in [3.8, 4) is 0 Å². The van der Waals surface area contributed by atoms with Crippen LogP contribution in [0, 0.1) is 0 Å². The van der Waals surface area contributed by atoms with E-state index in [1.807, 2.05) is 6.07 Å². The predicted octanol–water partition coefficient (Wildman–Crippen LogP) is 6.12. The average Bonchev–Trinajstić information content (AvgIpc) is 2.86. The van der Waals surface area contributed by atoms with E-state index in [9.17, 15) is 0 Å². The van der Waals surface area contributed by atoms with Crippen LogP contribution >= 0.6 is 61.8 Å². The Kier molecular flexibility index (Phi) is 4.36. The molecule has 0 bridgehead atoms. The molecule has 86 valence electrons. The Labute approximate surface area is 121 Å². The molecule has 0 aliphatic heterocycles. The smallest absolute Gasteiger partial charge is 0.102 e. The first-order valence-corrected chi connectivity index (χ1v) is 8.03. The minimum absolute atomic E-state index is 0.0842. The molecule has 0 N–H and O–H groups in total. The van der Waals surface area contributed by atoms with Gasteiger partial charge in [0.2, 0.25) is 0 Å². The van der Waals surface area contributed by atoms with Gasteiger partial charge in [-0.05, 0) is 40.5 Å². The highest BCUT2D eigenvalue weighted by Gasteiger charge is 2.17. The molecule has 5 heteroatoms. The van der Waals surface area contributed by atoms with Crippen LogP contribution in [0.4, 0.5) is 0 Å². The van der Waals surface area contributed by atoms with E-state index in [2.05, 4.69) is 35.0 Å². The van der Waals surface area contributed by atoms with Gasteiger partial charge in [0.05, 0.1) is 8.81 Å². The highest BCUT2D eigenvalue weighted by atomic mass is 79.9. The van der Waals surface area contributed by atoms with Gasteiger partial charge in [-0.1, -0.05) is 18.5 Å². The van der Waals surface area contributed by atoms with Crippen molar-refractivity contribution in [1.29, 1.82) is 0 Å². The van der Waals surface area contributed by atoms with Crippen molar-refractivity contribution in [3.63, 3.8) is 0 Å². The van der Waals surface area contributed by atoms with Crippen molar-refractivity contribution < 1.29 is 0 Å². The Morgan fingerprint density at radius 1 is 1.31 bits per heavy atom. The van der Waals surface area contributed by atoms with Crippen LogP contribution in [0.3, 0.4) is 0 Å². The summed E-state index contributed by atoms with van der Waals surface area (Å²) in [6.45, 7) is 2.15. The molecule has 2 aromatic heterocycles. The first kappa shape index (κ1) is 12.9. The van der Waals surface area contributed by atoms with Gasteiger partial charge in [0, 0.05) is 14.6 Å². The lowest BCUT2D eigenvalue weighted by atomic mass is 10.3. The molecule has 0 aromatic carbocycles. The minimum atomic E-state index is -0.0842. The van der Waals surface area contributed by atoms with Gasteiger partial charge in [-0.25, -0.2) is 0 Å². The molecule has 1 atom stereocenters. The van der Waals surface area contributed by atoms with Gasteiger partial charge in [-0.3, -0.25) is 0 Å². The fraction of sp³-hybridized carbons (Fsp3) is 0.273. The number of hydrogen-bond donors (Lipinski definition) is 0. The monoisotopic (exact) mass is 354 g/mol. The highest BCUT2D eigenvalue weighted by Crippen LogP contribution is 2.42. The zero-order valence-electron chi connectivity index (χ0n) is 8.47. The van der Waals surface area contributed by atoms with Crippen LogP contribution in [0.1, 0.15) is 26.9 Å². The molecule has 2 rings (SSSR count). The Hall–Kier alpha value is 0.460. The van der Waals surface area contributed by atoms with Crippen molar-refractivity contribution in [3.05, 3.63) is 41.6 Å². The van der Waals surface area contributed by atoms with Gasteiger partial charge in [0.15, 0.2) is 0 Å². The lowest BCUT2D eigenvalue weighted by Crippen LogP contribution is -1.84. The highest BCUT2D eigenvalue weighted by molar-refractivity contribution is 9.11. The Morgan fingerprint density at radius 3 is 2.56 bits per heavy atom. The lowest BCUT2D eigenvalue weighted by molar-refractivity contribution is 1.19. The summed E-state index contributed by atoms with van der Waals surface area (Å²) in [5.74, 6) is 0. The summed E-state index contributed by atoms with van der Waals surface area (Å²) in [5.41, 5.74) is 0. The SMILES string of the molecule is CCc1ccc(C(Cl)c2cc(Cl)c(Br)s2)s1. The van der Waals surface area contributed by atoms with E-state index in [0.29, 0.717) is 0 Å². The van der Waals surface area contributed by atoms with Crippen LogP contribution in [0.15, 0.2) is 22.0 Å². The standard InChI is InChI=1S/C11H9BrCl2S2/c1-2-6-3-4-8(15-6)10(14)9-5-7(13)11(12)16-9/h3-5,10H,2H2,1H3. The van der Waals surface area contributed by atoms with Gasteiger partial charge < -0.3 is 0 Å². The third-order valence-electron chi connectivity index (χ3n) is 2.19. The second-order valence-corrected chi connectivity index (χ2v) is 7.74. The summed E-state index contributed by atoms with van der Waals surface area (Å²) in [4.78, 5) is 3.63. The molecule has 0 saturated carbocycles. The second kappa shape index (κ2) is 5.40. The van der Waals surface area contributed by atoms with E-state index >= 15 is 0 Å². The van der Waals surface area contributed by atoms with Crippen LogP contribution in [0.5, 0.6) is 0 Å². The number of hydrogen-bond acceptors (Lipinski definition) is 2. The maximum absolute atomic E-state index is 6.43. The molecule has 0 aliphatic carbocycles. The Morgan fingerprint density at radius 2 is 2.06 bits per heavy atom. The fourth-order valence-corrected chi connectivity index (χ4v) is 4.52. The topological polar surface area (TPSA) is 0 Å². The summed E-state index contributed by atoms with van der Waals surface area (Å²) in [6, 6.07) is 6.17. The molecule has 2 heterocycles. The quantitative estimate of drug-likeness (QED) is 0.582. The van der Waals surface area contributed by atoms with Crippen molar-refractivity contribution in [1.82, 2.24) is 0 Å². The zero-order valence-corrected chi connectivity index (χ0v) is 13.2. The minimum Gasteiger partial charge on any atom is -0.143 e. The molecule has 0 nitrogen and oxygen atoms in total. The van der Waals surface area contributed by atoms with Gasteiger partial charge >= 0.3 is 0 Å². The van der Waals surface area contributed by atoms with E-state index < -0.39 is 0 Å². The number of rotatable bonds is 3. The third kappa shape index (κ3) is 2.65. The van der Waals surface area contributed by atoms with Crippen LogP contribution in [0.2, 0.25) is 5.02 Å². The molecule has 0 fully saturated rings. The molecular weight excluding hydrogens is 347 g/mol. The van der Waals surface area contributed by atoms with Crippen molar-refractivity contribution in [2.75, 3.05) is 0 Å². The van der Waals surface area contributed by atoms with Crippen molar-refractivity contribution in [2.45, 2.75) is 18.7 Å². The first-order chi connectivity index (χ1) is 7.61. The molecule has 1 unspecified atom stereocenters. The Balaban J connectivity index is 2.27. The summed E-state index contributed by atoms with van der Waals surface area (Å²) < 4.78 is 0.946. The third-order valence-corrected chi connectivity index (χ3v) is 6.76. The van der Waals surface area contributed by atoms with Crippen LogP contribution in [-0.2, 0) is 6.42 Å². The number of alkyl halides is 1. The van der Waals surface area contributed by atoms with Gasteiger partial charge in [-0.2, -0.15) is 0 Å². The largest absolute Gasteiger partial charge is 0.143 e. The van der Waals surface area contributed by atoms with E-state index in [4.69, 9.17) is 23.2 Å². The van der Waals surface area contributed by atoms with Crippen molar-refractivity contribution >= 4 is 61.8 Å². The Bertz CT molecular complexity index is 470. The lowest BCUT2D eigenvalue weighted by Gasteiger charge is -2.02. The molecule has 0 spiro atoms. The normalized spacial score (nSPS) is 13.0. The molecule has 2 aromatic rings. The van der Waals surface area contributed by atoms with Crippen LogP contribution < -0.4 is 0 Å². The summed E-state index contributed by atoms with van der Waals surface area (Å²) >= 11 is 19.2. The van der Waals surface area contributed by atoms with Crippen LogP contribution in [-0.4, -0.2) is 0 Å². The molecule has 0 saturated heterocycles. The number of aryl methyl sites for hydroxylation is 1. The van der Waals surface area contributed by atoms with Gasteiger partial charge in [-0.15, -0.1) is 34.3 Å². The van der Waals surface area contributed by atoms with E-state index in [0.717, 1.165) is 20.1 Å². The molecule has 0 aliphatic rings. The molecular formula is C11H9BrCl2S2. The maximum atomic E-state index is 6.43. The number of halogens is 3. The van der Waals surface area contributed by atoms with Crippen LogP contribution in [0.25, 0.3) is 0 Å². The molecule has 0 radical (unpaired) electrons. The molecule has 0 amide bonds. The fourth-order valence-electron chi connectivity index (χ4n) is 1.35. The summed E-state index contributed by atoms with van der Waals surface area (Å²) in [6.07, 6.45) is 1.06. The summed E-state index contributed by atoms with van der Waals surface area (Å²) in [7, 11) is 0. The maximum Gasteiger partial charge on any atom is 0.102 e. The number of thiophene rings is 2. The predicted molar refractivity (Wildman–Crippen MR) is 78.4 cm³/mol. The van der Waals surface area contributed by atoms with E-state index in [1.54, 1.807) is 22.7 Å². The second-order valence-electron chi connectivity index (χ2n) is 3.29. The average molecular weight is 356 g/mol. The zero-order chi connectivity index (χ0) is 11.7. The van der Waals surface area contributed by atoms with E-state index in [1.165, 1.54) is 9.75 Å². The van der Waals surface area contributed by atoms with Crippen molar-refractivity contribution in [2.24, 2.45) is 0 Å². The van der Waals surface area contributed by atoms with Gasteiger partial charge in [0.25, 0.3) is 0 Å². The van der Waals surface area contributed by atoms with Gasteiger partial charge in [0.1, 0.15) is 5.38 Å².